The van der Waals surface area contributed by atoms with Crippen molar-refractivity contribution in [1.82, 2.24) is 9.55 Å². The van der Waals surface area contributed by atoms with Gasteiger partial charge in [-0.05, 0) is 35.6 Å². The van der Waals surface area contributed by atoms with Crippen LogP contribution in [0.15, 0.2) is 28.2 Å². The van der Waals surface area contributed by atoms with Gasteiger partial charge in [0.1, 0.15) is 5.82 Å². The molecule has 0 radical (unpaired) electrons. The minimum atomic E-state index is -0.748. The van der Waals surface area contributed by atoms with E-state index < -0.39 is 11.2 Å². The zero-order valence-corrected chi connectivity index (χ0v) is 11.5. The predicted octanol–water partition coefficient (Wildman–Crippen LogP) is 3.18. The van der Waals surface area contributed by atoms with Gasteiger partial charge in [0.15, 0.2) is 4.77 Å². The number of hydrogen-bond donors (Lipinski definition) is 2. The SMILES string of the molecule is Nc1c(N=O)c(=O)[nH]c(=S)n1-c1cc(Cl)cc(Cl)c1. The second kappa shape index (κ2) is 5.12. The van der Waals surface area contributed by atoms with Crippen molar-refractivity contribution in [3.05, 3.63) is 48.3 Å². The Balaban J connectivity index is 2.86. The highest BCUT2D eigenvalue weighted by Gasteiger charge is 2.13. The number of halogens is 2. The smallest absolute Gasteiger partial charge is 0.283 e. The van der Waals surface area contributed by atoms with E-state index >= 15 is 0 Å². The maximum Gasteiger partial charge on any atom is 0.283 e. The third kappa shape index (κ3) is 2.53. The number of nitrogens with zero attached hydrogens (tertiary/aromatic N) is 2. The molecule has 19 heavy (non-hydrogen) atoms. The van der Waals surface area contributed by atoms with E-state index in [1.54, 1.807) is 0 Å². The third-order valence-electron chi connectivity index (χ3n) is 2.32. The second-order valence-electron chi connectivity index (χ2n) is 3.55. The van der Waals surface area contributed by atoms with E-state index in [4.69, 9.17) is 41.2 Å². The van der Waals surface area contributed by atoms with Crippen molar-refractivity contribution >= 4 is 46.9 Å². The van der Waals surface area contributed by atoms with Crippen molar-refractivity contribution in [3.63, 3.8) is 0 Å². The van der Waals surface area contributed by atoms with Gasteiger partial charge in [-0.25, -0.2) is 0 Å². The molecule has 6 nitrogen and oxygen atoms in total. The fraction of sp³-hybridized carbons (Fsp3) is 0. The van der Waals surface area contributed by atoms with Crippen LogP contribution in [0, 0.1) is 9.68 Å². The monoisotopic (exact) mass is 316 g/mol. The number of nitrogen functional groups attached to an aromatic ring is 1. The number of rotatable bonds is 2. The number of benzene rings is 1. The van der Waals surface area contributed by atoms with E-state index in [0.717, 1.165) is 0 Å². The minimum Gasteiger partial charge on any atom is -0.383 e. The normalized spacial score (nSPS) is 10.4. The highest BCUT2D eigenvalue weighted by atomic mass is 35.5. The summed E-state index contributed by atoms with van der Waals surface area (Å²) in [6.07, 6.45) is 0. The van der Waals surface area contributed by atoms with Crippen LogP contribution in [0.5, 0.6) is 0 Å². The Bertz CT molecular complexity index is 764. The number of anilines is 1. The average Bonchev–Trinajstić information content (AvgIpc) is 2.27. The molecule has 2 aromatic rings. The Morgan fingerprint density at radius 2 is 1.84 bits per heavy atom. The van der Waals surface area contributed by atoms with Crippen LogP contribution in [0.1, 0.15) is 0 Å². The topological polar surface area (TPSA) is 93.2 Å². The number of nitrogens with two attached hydrogens (primary N) is 1. The number of aromatic amines is 1. The van der Waals surface area contributed by atoms with Crippen LogP contribution in [-0.4, -0.2) is 9.55 Å². The lowest BCUT2D eigenvalue weighted by Crippen LogP contribution is -2.16. The van der Waals surface area contributed by atoms with E-state index in [1.807, 2.05) is 0 Å². The number of aromatic nitrogens is 2. The summed E-state index contributed by atoms with van der Waals surface area (Å²) in [5.74, 6) is -0.179. The van der Waals surface area contributed by atoms with Crippen molar-refractivity contribution in [2.24, 2.45) is 5.18 Å². The minimum absolute atomic E-state index is 0.00762. The summed E-state index contributed by atoms with van der Waals surface area (Å²) < 4.78 is 1.26. The zero-order valence-electron chi connectivity index (χ0n) is 9.18. The van der Waals surface area contributed by atoms with Crippen LogP contribution in [-0.2, 0) is 0 Å². The molecule has 0 saturated carbocycles. The summed E-state index contributed by atoms with van der Waals surface area (Å²) in [5, 5.41) is 3.30. The molecule has 0 amide bonds. The van der Waals surface area contributed by atoms with Crippen LogP contribution >= 0.6 is 35.4 Å². The van der Waals surface area contributed by atoms with Gasteiger partial charge in [0.05, 0.1) is 5.69 Å². The quantitative estimate of drug-likeness (QED) is 0.657. The first kappa shape index (κ1) is 13.7. The number of H-pyrrole nitrogens is 1. The Kier molecular flexibility index (Phi) is 3.70. The van der Waals surface area contributed by atoms with Gasteiger partial charge < -0.3 is 5.73 Å². The standard InChI is InChI=1S/C10H6Cl2N4O2S/c11-4-1-5(12)3-6(2-4)16-8(13)7(15-18)9(17)14-10(16)19/h1-3H,13H2,(H,14,17,19). The lowest BCUT2D eigenvalue weighted by molar-refractivity contribution is 0.949. The molecule has 0 spiro atoms. The molecule has 98 valence electrons. The molecule has 1 aromatic carbocycles. The maximum atomic E-state index is 11.4. The zero-order chi connectivity index (χ0) is 14.2. The molecule has 2 rings (SSSR count). The number of hydrogen-bond acceptors (Lipinski definition) is 5. The van der Waals surface area contributed by atoms with Crippen LogP contribution in [0.4, 0.5) is 11.5 Å². The van der Waals surface area contributed by atoms with Gasteiger partial charge in [0, 0.05) is 10.0 Å². The first-order valence-electron chi connectivity index (χ1n) is 4.88. The lowest BCUT2D eigenvalue weighted by atomic mass is 10.3. The second-order valence-corrected chi connectivity index (χ2v) is 4.81. The largest absolute Gasteiger partial charge is 0.383 e. The summed E-state index contributed by atoms with van der Waals surface area (Å²) in [7, 11) is 0. The molecule has 0 atom stereocenters. The molecule has 0 saturated heterocycles. The van der Waals surface area contributed by atoms with E-state index in [0.29, 0.717) is 15.7 Å². The van der Waals surface area contributed by atoms with Crippen molar-refractivity contribution in [2.75, 3.05) is 5.73 Å². The predicted molar refractivity (Wildman–Crippen MR) is 77.1 cm³/mol. The first-order valence-corrected chi connectivity index (χ1v) is 6.05. The average molecular weight is 317 g/mol. The lowest BCUT2D eigenvalue weighted by Gasteiger charge is -2.11. The van der Waals surface area contributed by atoms with E-state index in [9.17, 15) is 9.70 Å². The molecule has 0 unspecified atom stereocenters. The van der Waals surface area contributed by atoms with Crippen LogP contribution in [0.25, 0.3) is 5.69 Å². The summed E-state index contributed by atoms with van der Waals surface area (Å²) in [6, 6.07) is 4.59. The fourth-order valence-electron chi connectivity index (χ4n) is 1.56. The molecule has 3 N–H and O–H groups in total. The van der Waals surface area contributed by atoms with Gasteiger partial charge in [0.25, 0.3) is 5.56 Å². The molecule has 0 fully saturated rings. The Morgan fingerprint density at radius 3 is 2.37 bits per heavy atom. The molecular weight excluding hydrogens is 311 g/mol. The Labute approximate surface area is 121 Å². The summed E-state index contributed by atoms with van der Waals surface area (Å²) >= 11 is 16.8. The van der Waals surface area contributed by atoms with Crippen LogP contribution in [0.3, 0.4) is 0 Å². The fourth-order valence-corrected chi connectivity index (χ4v) is 2.37. The molecular formula is C10H6Cl2N4O2S. The highest BCUT2D eigenvalue weighted by Crippen LogP contribution is 2.26. The third-order valence-corrected chi connectivity index (χ3v) is 3.04. The summed E-state index contributed by atoms with van der Waals surface area (Å²) in [5.41, 5.74) is 4.94. The molecule has 0 aliphatic carbocycles. The van der Waals surface area contributed by atoms with Gasteiger partial charge in [-0.3, -0.25) is 14.3 Å². The van der Waals surface area contributed by atoms with E-state index in [1.165, 1.54) is 22.8 Å². The van der Waals surface area contributed by atoms with Crippen molar-refractivity contribution < 1.29 is 0 Å². The van der Waals surface area contributed by atoms with Gasteiger partial charge in [-0.1, -0.05) is 23.2 Å². The van der Waals surface area contributed by atoms with Crippen molar-refractivity contribution in [3.8, 4) is 5.69 Å². The van der Waals surface area contributed by atoms with Crippen molar-refractivity contribution in [2.45, 2.75) is 0 Å². The highest BCUT2D eigenvalue weighted by molar-refractivity contribution is 7.71. The molecule has 9 heteroatoms. The number of nitrogens with one attached hydrogen (secondary N) is 1. The van der Waals surface area contributed by atoms with Gasteiger partial charge in [-0.15, -0.1) is 4.91 Å². The van der Waals surface area contributed by atoms with Crippen molar-refractivity contribution in [1.29, 1.82) is 0 Å². The maximum absolute atomic E-state index is 11.4. The summed E-state index contributed by atoms with van der Waals surface area (Å²) in [6.45, 7) is 0. The van der Waals surface area contributed by atoms with Crippen LogP contribution in [0.2, 0.25) is 10.0 Å². The Morgan fingerprint density at radius 1 is 1.26 bits per heavy atom. The molecule has 0 aliphatic rings. The molecule has 1 heterocycles. The molecule has 1 aromatic heterocycles. The Hall–Kier alpha value is -1.70. The number of nitroso groups, excluding NO2 is 1. The molecule has 0 aliphatic heterocycles. The van der Waals surface area contributed by atoms with Gasteiger partial charge >= 0.3 is 0 Å². The van der Waals surface area contributed by atoms with E-state index in [-0.39, 0.29) is 10.6 Å². The first-order chi connectivity index (χ1) is 8.93. The molecule has 0 bridgehead atoms. The summed E-state index contributed by atoms with van der Waals surface area (Å²) in [4.78, 5) is 24.4. The van der Waals surface area contributed by atoms with Gasteiger partial charge in [0.2, 0.25) is 5.69 Å². The van der Waals surface area contributed by atoms with Crippen LogP contribution < -0.4 is 11.3 Å². The van der Waals surface area contributed by atoms with Gasteiger partial charge in [-0.2, -0.15) is 0 Å². The van der Waals surface area contributed by atoms with E-state index in [2.05, 4.69) is 10.2 Å².